The normalized spacial score (nSPS) is 19.1. The molecule has 0 radical (unpaired) electrons. The van der Waals surface area contributed by atoms with Gasteiger partial charge < -0.3 is 15.5 Å². The number of likely N-dealkylation sites (tertiary alicyclic amines) is 1. The van der Waals surface area contributed by atoms with Crippen LogP contribution in [0.4, 0.5) is 5.82 Å². The minimum absolute atomic E-state index is 0.269. The van der Waals surface area contributed by atoms with Crippen molar-refractivity contribution in [1.82, 2.24) is 14.8 Å². The molecule has 0 saturated carbocycles. The van der Waals surface area contributed by atoms with Crippen molar-refractivity contribution < 1.29 is 4.79 Å². The Balaban J connectivity index is 1.21. The van der Waals surface area contributed by atoms with Gasteiger partial charge in [-0.2, -0.15) is 0 Å². The van der Waals surface area contributed by atoms with Gasteiger partial charge in [0.1, 0.15) is 5.82 Å². The Morgan fingerprint density at radius 3 is 2.59 bits per heavy atom. The van der Waals surface area contributed by atoms with E-state index in [0.29, 0.717) is 6.42 Å². The summed E-state index contributed by atoms with van der Waals surface area (Å²) in [5, 5.41) is 1.81. The molecule has 2 aliphatic heterocycles. The number of carbonyl (C=O) groups is 1. The maximum atomic E-state index is 12.4. The molecule has 6 nitrogen and oxygen atoms in total. The van der Waals surface area contributed by atoms with Gasteiger partial charge in [0.2, 0.25) is 5.91 Å². The van der Waals surface area contributed by atoms with Crippen LogP contribution in [0.1, 0.15) is 25.7 Å². The summed E-state index contributed by atoms with van der Waals surface area (Å²) in [6.45, 7) is 6.57. The lowest BCUT2D eigenvalue weighted by atomic mass is 10.1. The van der Waals surface area contributed by atoms with Gasteiger partial charge in [0.05, 0.1) is 5.52 Å². The van der Waals surface area contributed by atoms with Crippen molar-refractivity contribution in [3.8, 4) is 0 Å². The molecule has 156 valence electrons. The Hall–Kier alpha value is -1.89. The third-order valence-corrected chi connectivity index (χ3v) is 6.33. The number of hydrogen-bond donors (Lipinski definition) is 1. The zero-order valence-electron chi connectivity index (χ0n) is 16.9. The molecule has 0 atom stereocenters. The summed E-state index contributed by atoms with van der Waals surface area (Å²) in [5.74, 6) is 1.31. The number of piperidine rings is 1. The van der Waals surface area contributed by atoms with Crippen LogP contribution in [0.2, 0.25) is 5.02 Å². The molecule has 0 bridgehead atoms. The van der Waals surface area contributed by atoms with Crippen molar-refractivity contribution >= 4 is 34.2 Å². The van der Waals surface area contributed by atoms with Crippen molar-refractivity contribution in [3.05, 3.63) is 35.4 Å². The second-order valence-corrected chi connectivity index (χ2v) is 8.59. The lowest BCUT2D eigenvalue weighted by molar-refractivity contribution is -0.132. The lowest BCUT2D eigenvalue weighted by Gasteiger charge is -2.35. The highest BCUT2D eigenvalue weighted by molar-refractivity contribution is 6.31. The van der Waals surface area contributed by atoms with Crippen molar-refractivity contribution in [3.63, 3.8) is 0 Å². The Morgan fingerprint density at radius 1 is 1.07 bits per heavy atom. The van der Waals surface area contributed by atoms with Crippen molar-refractivity contribution in [2.45, 2.75) is 31.7 Å². The number of piperazine rings is 1. The third-order valence-electron chi connectivity index (χ3n) is 6.09. The fourth-order valence-electron chi connectivity index (χ4n) is 4.22. The molecular weight excluding hydrogens is 386 g/mol. The van der Waals surface area contributed by atoms with Crippen LogP contribution in [-0.2, 0) is 4.79 Å². The number of nitrogens with two attached hydrogens (primary N) is 1. The van der Waals surface area contributed by atoms with Gasteiger partial charge in [-0.15, -0.1) is 0 Å². The molecule has 0 spiro atoms. The van der Waals surface area contributed by atoms with E-state index in [1.54, 1.807) is 0 Å². The molecule has 1 amide bonds. The minimum Gasteiger partial charge on any atom is -0.354 e. The molecule has 2 aliphatic rings. The minimum atomic E-state index is 0.269. The summed E-state index contributed by atoms with van der Waals surface area (Å²) in [5.41, 5.74) is 6.90. The number of pyridine rings is 1. The van der Waals surface area contributed by atoms with Gasteiger partial charge >= 0.3 is 0 Å². The number of aromatic nitrogens is 1. The number of benzene rings is 1. The van der Waals surface area contributed by atoms with Gasteiger partial charge in [0, 0.05) is 62.1 Å². The van der Waals surface area contributed by atoms with E-state index in [1.165, 1.54) is 0 Å². The van der Waals surface area contributed by atoms with E-state index in [-0.39, 0.29) is 11.9 Å². The predicted molar refractivity (Wildman–Crippen MR) is 118 cm³/mol. The molecule has 1 aromatic carbocycles. The molecule has 3 heterocycles. The molecule has 2 N–H and O–H groups in total. The molecule has 0 unspecified atom stereocenters. The van der Waals surface area contributed by atoms with E-state index in [0.717, 1.165) is 86.8 Å². The standard InChI is InChI=1S/C22H30ClN5O/c23-18-4-5-20-17(16-18)3-6-21(25-20)27-14-12-26(13-15-27)9-1-2-22(29)28-10-7-19(24)8-11-28/h3-6,16,19H,1-2,7-15,24H2. The summed E-state index contributed by atoms with van der Waals surface area (Å²) < 4.78 is 0. The average Bonchev–Trinajstić information content (AvgIpc) is 2.74. The summed E-state index contributed by atoms with van der Waals surface area (Å²) in [6.07, 6.45) is 3.44. The summed E-state index contributed by atoms with van der Waals surface area (Å²) in [6, 6.07) is 10.3. The van der Waals surface area contributed by atoms with E-state index >= 15 is 0 Å². The monoisotopic (exact) mass is 415 g/mol. The smallest absolute Gasteiger partial charge is 0.222 e. The van der Waals surface area contributed by atoms with E-state index in [9.17, 15) is 4.79 Å². The molecule has 29 heavy (non-hydrogen) atoms. The van der Waals surface area contributed by atoms with E-state index in [1.807, 2.05) is 23.1 Å². The van der Waals surface area contributed by atoms with E-state index in [4.69, 9.17) is 22.3 Å². The quantitative estimate of drug-likeness (QED) is 0.813. The van der Waals surface area contributed by atoms with Crippen LogP contribution in [0, 0.1) is 0 Å². The first-order valence-electron chi connectivity index (χ1n) is 10.7. The third kappa shape index (κ3) is 5.18. The van der Waals surface area contributed by atoms with Gasteiger partial charge in [-0.3, -0.25) is 9.69 Å². The Kier molecular flexibility index (Phi) is 6.53. The zero-order valence-corrected chi connectivity index (χ0v) is 17.7. The number of carbonyl (C=O) groups excluding carboxylic acids is 1. The van der Waals surface area contributed by atoms with Crippen LogP contribution in [-0.4, -0.2) is 72.5 Å². The molecule has 0 aliphatic carbocycles. The summed E-state index contributed by atoms with van der Waals surface area (Å²) in [7, 11) is 0. The zero-order chi connectivity index (χ0) is 20.2. The maximum absolute atomic E-state index is 12.4. The first-order chi connectivity index (χ1) is 14.1. The van der Waals surface area contributed by atoms with Crippen LogP contribution in [0.15, 0.2) is 30.3 Å². The molecule has 7 heteroatoms. The van der Waals surface area contributed by atoms with Crippen LogP contribution in [0.3, 0.4) is 0 Å². The van der Waals surface area contributed by atoms with Gasteiger partial charge in [-0.25, -0.2) is 4.98 Å². The topological polar surface area (TPSA) is 65.7 Å². The predicted octanol–water partition coefficient (Wildman–Crippen LogP) is 2.74. The SMILES string of the molecule is NC1CCN(C(=O)CCCN2CCN(c3ccc4cc(Cl)ccc4n3)CC2)CC1. The highest BCUT2D eigenvalue weighted by Gasteiger charge is 2.21. The van der Waals surface area contributed by atoms with Crippen molar-refractivity contribution in [2.24, 2.45) is 5.73 Å². The van der Waals surface area contributed by atoms with Gasteiger partial charge in [0.25, 0.3) is 0 Å². The van der Waals surface area contributed by atoms with E-state index in [2.05, 4.69) is 21.9 Å². The highest BCUT2D eigenvalue weighted by atomic mass is 35.5. The number of hydrogen-bond acceptors (Lipinski definition) is 5. The number of anilines is 1. The molecular formula is C22H30ClN5O. The number of fused-ring (bicyclic) bond motifs is 1. The number of rotatable bonds is 5. The highest BCUT2D eigenvalue weighted by Crippen LogP contribution is 2.22. The Morgan fingerprint density at radius 2 is 1.83 bits per heavy atom. The first kappa shape index (κ1) is 20.4. The first-order valence-corrected chi connectivity index (χ1v) is 11.0. The van der Waals surface area contributed by atoms with Crippen molar-refractivity contribution in [1.29, 1.82) is 0 Å². The number of halogens is 1. The summed E-state index contributed by atoms with van der Waals surface area (Å²) in [4.78, 5) is 23.9. The molecule has 4 rings (SSSR count). The molecule has 2 fully saturated rings. The van der Waals surface area contributed by atoms with Crippen LogP contribution in [0.25, 0.3) is 10.9 Å². The second kappa shape index (κ2) is 9.28. The number of nitrogens with zero attached hydrogens (tertiary/aromatic N) is 4. The fraction of sp³-hybridized carbons (Fsp3) is 0.545. The van der Waals surface area contributed by atoms with Gasteiger partial charge in [-0.1, -0.05) is 11.6 Å². The molecule has 1 aromatic heterocycles. The van der Waals surface area contributed by atoms with Crippen LogP contribution >= 0.6 is 11.6 Å². The number of amides is 1. The Labute approximate surface area is 177 Å². The van der Waals surface area contributed by atoms with Crippen LogP contribution in [0.5, 0.6) is 0 Å². The lowest BCUT2D eigenvalue weighted by Crippen LogP contribution is -2.47. The average molecular weight is 416 g/mol. The fourth-order valence-corrected chi connectivity index (χ4v) is 4.40. The largest absolute Gasteiger partial charge is 0.354 e. The van der Waals surface area contributed by atoms with E-state index < -0.39 is 0 Å². The molecule has 2 aromatic rings. The van der Waals surface area contributed by atoms with Gasteiger partial charge in [0.15, 0.2) is 0 Å². The van der Waals surface area contributed by atoms with Crippen LogP contribution < -0.4 is 10.6 Å². The Bertz CT molecular complexity index is 844. The maximum Gasteiger partial charge on any atom is 0.222 e. The second-order valence-electron chi connectivity index (χ2n) is 8.16. The molecule has 2 saturated heterocycles. The van der Waals surface area contributed by atoms with Gasteiger partial charge in [-0.05, 0) is 56.1 Å². The summed E-state index contributed by atoms with van der Waals surface area (Å²) >= 11 is 6.06. The van der Waals surface area contributed by atoms with Crippen molar-refractivity contribution in [2.75, 3.05) is 50.7 Å².